The smallest absolute Gasteiger partial charge is 0.247 e. The van der Waals surface area contributed by atoms with E-state index in [4.69, 9.17) is 9.47 Å². The van der Waals surface area contributed by atoms with Crippen LogP contribution in [0, 0.1) is 0 Å². The Balaban J connectivity index is 1.70. The molecule has 0 saturated carbocycles. The van der Waals surface area contributed by atoms with E-state index in [0.717, 1.165) is 35.4 Å². The predicted molar refractivity (Wildman–Crippen MR) is 150 cm³/mol. The van der Waals surface area contributed by atoms with Gasteiger partial charge < -0.3 is 29.9 Å². The van der Waals surface area contributed by atoms with E-state index in [1.165, 1.54) is 6.08 Å². The molecule has 0 fully saturated rings. The first kappa shape index (κ1) is 26.4. The highest BCUT2D eigenvalue weighted by molar-refractivity contribution is 6.02. The number of benzene rings is 2. The molecule has 0 unspecified atom stereocenters. The SMILES string of the molecule is C=CC(=O)Nc1cc(Nc2nccc(-n3ncc4ccc(OC)cc43)n2)c(OC)cc1N(C)CCN(C)C. The summed E-state index contributed by atoms with van der Waals surface area (Å²) in [7, 11) is 9.20. The fourth-order valence-electron chi connectivity index (χ4n) is 3.86. The molecule has 0 aliphatic carbocycles. The Labute approximate surface area is 221 Å². The maximum atomic E-state index is 12.2. The summed E-state index contributed by atoms with van der Waals surface area (Å²) in [5.74, 6) is 1.88. The molecular weight excluding hydrogens is 484 g/mol. The largest absolute Gasteiger partial charge is 0.497 e. The van der Waals surface area contributed by atoms with Crippen LogP contribution < -0.4 is 25.0 Å². The third-order valence-corrected chi connectivity index (χ3v) is 5.94. The van der Waals surface area contributed by atoms with Gasteiger partial charge in [0.2, 0.25) is 11.9 Å². The number of fused-ring (bicyclic) bond motifs is 1. The molecule has 38 heavy (non-hydrogen) atoms. The molecule has 198 valence electrons. The molecule has 0 saturated heterocycles. The summed E-state index contributed by atoms with van der Waals surface area (Å²) in [6.07, 6.45) is 4.65. The lowest BCUT2D eigenvalue weighted by atomic mass is 10.2. The molecule has 1 amide bonds. The highest BCUT2D eigenvalue weighted by atomic mass is 16.5. The summed E-state index contributed by atoms with van der Waals surface area (Å²) in [6.45, 7) is 5.15. The molecule has 11 nitrogen and oxygen atoms in total. The molecule has 2 heterocycles. The standard InChI is InChI=1S/C27H32N8O3/c1-7-26(36)30-20-15-21(24(38-6)16-23(20)34(4)13-12-33(2)3)31-27-28-11-10-25(32-27)35-22-14-19(37-5)9-8-18(22)17-29-35/h7-11,14-17H,1,12-13H2,2-6H3,(H,30,36)(H,28,31,32). The Morgan fingerprint density at radius 2 is 1.89 bits per heavy atom. The van der Waals surface area contributed by atoms with E-state index in [2.05, 4.69) is 42.1 Å². The zero-order valence-electron chi connectivity index (χ0n) is 22.2. The molecule has 4 aromatic rings. The van der Waals surface area contributed by atoms with Gasteiger partial charge in [-0.15, -0.1) is 0 Å². The number of nitrogens with one attached hydrogen (secondary N) is 2. The van der Waals surface area contributed by atoms with Crippen LogP contribution in [0.25, 0.3) is 16.7 Å². The number of hydrogen-bond donors (Lipinski definition) is 2. The average Bonchev–Trinajstić information content (AvgIpc) is 3.35. The summed E-state index contributed by atoms with van der Waals surface area (Å²) >= 11 is 0. The normalized spacial score (nSPS) is 10.9. The average molecular weight is 517 g/mol. The molecule has 0 aliphatic heterocycles. The van der Waals surface area contributed by atoms with Gasteiger partial charge in [0.05, 0.1) is 43.0 Å². The van der Waals surface area contributed by atoms with Gasteiger partial charge in [0.15, 0.2) is 5.82 Å². The number of amides is 1. The first-order chi connectivity index (χ1) is 18.3. The molecular formula is C27H32N8O3. The molecule has 11 heteroatoms. The van der Waals surface area contributed by atoms with Gasteiger partial charge in [-0.3, -0.25) is 4.79 Å². The number of rotatable bonds is 11. The van der Waals surface area contributed by atoms with Crippen LogP contribution in [0.15, 0.2) is 61.4 Å². The van der Waals surface area contributed by atoms with Crippen molar-refractivity contribution in [3.05, 3.63) is 61.4 Å². The van der Waals surface area contributed by atoms with Crippen molar-refractivity contribution in [2.75, 3.05) is 64.0 Å². The van der Waals surface area contributed by atoms with E-state index in [9.17, 15) is 4.79 Å². The third-order valence-electron chi connectivity index (χ3n) is 5.94. The van der Waals surface area contributed by atoms with Gasteiger partial charge in [0.25, 0.3) is 0 Å². The van der Waals surface area contributed by atoms with Gasteiger partial charge in [0.1, 0.15) is 11.5 Å². The summed E-state index contributed by atoms with van der Waals surface area (Å²) < 4.78 is 12.8. The molecule has 2 aromatic heterocycles. The van der Waals surface area contributed by atoms with Crippen molar-refractivity contribution in [2.45, 2.75) is 0 Å². The van der Waals surface area contributed by atoms with Crippen molar-refractivity contribution in [3.63, 3.8) is 0 Å². The van der Waals surface area contributed by atoms with Crippen molar-refractivity contribution in [2.24, 2.45) is 0 Å². The Hall–Kier alpha value is -4.64. The van der Waals surface area contributed by atoms with Crippen LogP contribution in [-0.4, -0.2) is 79.0 Å². The third kappa shape index (κ3) is 5.84. The number of likely N-dealkylation sites (N-methyl/N-ethyl adjacent to an activating group) is 2. The molecule has 0 bridgehead atoms. The molecule has 4 rings (SSSR count). The fraction of sp³-hybridized carbons (Fsp3) is 0.259. The zero-order chi connectivity index (χ0) is 27.2. The van der Waals surface area contributed by atoms with Gasteiger partial charge in [-0.25, -0.2) is 9.67 Å². The van der Waals surface area contributed by atoms with E-state index in [1.807, 2.05) is 45.4 Å². The van der Waals surface area contributed by atoms with Gasteiger partial charge in [0, 0.05) is 49.9 Å². The zero-order valence-corrected chi connectivity index (χ0v) is 22.2. The van der Waals surface area contributed by atoms with Gasteiger partial charge in [-0.05, 0) is 38.4 Å². The molecule has 0 aliphatic rings. The molecule has 0 radical (unpaired) electrons. The lowest BCUT2D eigenvalue weighted by Gasteiger charge is -2.26. The fourth-order valence-corrected chi connectivity index (χ4v) is 3.86. The highest BCUT2D eigenvalue weighted by Gasteiger charge is 2.17. The van der Waals surface area contributed by atoms with Crippen LogP contribution in [0.3, 0.4) is 0 Å². The Kier molecular flexibility index (Phi) is 8.07. The lowest BCUT2D eigenvalue weighted by Crippen LogP contribution is -2.29. The van der Waals surface area contributed by atoms with Crippen molar-refractivity contribution in [1.82, 2.24) is 24.6 Å². The second-order valence-corrected chi connectivity index (χ2v) is 8.83. The summed E-state index contributed by atoms with van der Waals surface area (Å²) in [5, 5.41) is 11.6. The number of methoxy groups -OCH3 is 2. The molecule has 2 N–H and O–H groups in total. The second-order valence-electron chi connectivity index (χ2n) is 8.83. The van der Waals surface area contributed by atoms with E-state index >= 15 is 0 Å². The van der Waals surface area contributed by atoms with Crippen LogP contribution in [0.2, 0.25) is 0 Å². The summed E-state index contributed by atoms with van der Waals surface area (Å²) in [5.41, 5.74) is 2.84. The van der Waals surface area contributed by atoms with Crippen molar-refractivity contribution in [3.8, 4) is 17.3 Å². The lowest BCUT2D eigenvalue weighted by molar-refractivity contribution is -0.111. The maximum absolute atomic E-state index is 12.2. The van der Waals surface area contributed by atoms with E-state index in [0.29, 0.717) is 28.9 Å². The second kappa shape index (κ2) is 11.6. The van der Waals surface area contributed by atoms with Crippen molar-refractivity contribution >= 4 is 39.8 Å². The maximum Gasteiger partial charge on any atom is 0.247 e. The van der Waals surface area contributed by atoms with Crippen LogP contribution in [0.1, 0.15) is 0 Å². The van der Waals surface area contributed by atoms with Gasteiger partial charge in [-0.2, -0.15) is 10.1 Å². The quantitative estimate of drug-likeness (QED) is 0.288. The minimum Gasteiger partial charge on any atom is -0.497 e. The highest BCUT2D eigenvalue weighted by Crippen LogP contribution is 2.38. The van der Waals surface area contributed by atoms with Crippen LogP contribution >= 0.6 is 0 Å². The number of nitrogens with zero attached hydrogens (tertiary/aromatic N) is 6. The Morgan fingerprint density at radius 3 is 2.61 bits per heavy atom. The van der Waals surface area contributed by atoms with Crippen LogP contribution in [-0.2, 0) is 4.79 Å². The van der Waals surface area contributed by atoms with Crippen molar-refractivity contribution in [1.29, 1.82) is 0 Å². The monoisotopic (exact) mass is 516 g/mol. The number of carbonyl (C=O) groups excluding carboxylic acids is 1. The van der Waals surface area contributed by atoms with Crippen molar-refractivity contribution < 1.29 is 14.3 Å². The Morgan fingerprint density at radius 1 is 1.08 bits per heavy atom. The molecule has 0 spiro atoms. The van der Waals surface area contributed by atoms with Crippen LogP contribution in [0.4, 0.5) is 23.0 Å². The summed E-state index contributed by atoms with van der Waals surface area (Å²) in [6, 6.07) is 11.2. The summed E-state index contributed by atoms with van der Waals surface area (Å²) in [4.78, 5) is 25.4. The molecule has 2 aromatic carbocycles. The first-order valence-electron chi connectivity index (χ1n) is 12.0. The van der Waals surface area contributed by atoms with E-state index in [1.54, 1.807) is 43.4 Å². The van der Waals surface area contributed by atoms with Gasteiger partial charge in [-0.1, -0.05) is 6.58 Å². The first-order valence-corrected chi connectivity index (χ1v) is 12.0. The number of ether oxygens (including phenoxy) is 2. The Bertz CT molecular complexity index is 1450. The number of aromatic nitrogens is 4. The minimum atomic E-state index is -0.317. The predicted octanol–water partition coefficient (Wildman–Crippen LogP) is 3.70. The van der Waals surface area contributed by atoms with E-state index < -0.39 is 0 Å². The number of carbonyl (C=O) groups is 1. The van der Waals surface area contributed by atoms with E-state index in [-0.39, 0.29) is 5.91 Å². The topological polar surface area (TPSA) is 110 Å². The minimum absolute atomic E-state index is 0.317. The number of hydrogen-bond acceptors (Lipinski definition) is 9. The number of anilines is 4. The van der Waals surface area contributed by atoms with Crippen LogP contribution in [0.5, 0.6) is 11.5 Å². The van der Waals surface area contributed by atoms with Gasteiger partial charge >= 0.3 is 0 Å². The molecule has 0 atom stereocenters.